The molecule has 0 heterocycles. The molecule has 1 aromatic carbocycles. The third-order valence-corrected chi connectivity index (χ3v) is 3.12. The highest BCUT2D eigenvalue weighted by Gasteiger charge is 2.08. The Hall–Kier alpha value is -1.88. The summed E-state index contributed by atoms with van der Waals surface area (Å²) in [6.07, 6.45) is 4.42. The van der Waals surface area contributed by atoms with Gasteiger partial charge in [-0.15, -0.1) is 0 Å². The Kier molecular flexibility index (Phi) is 7.46. The van der Waals surface area contributed by atoms with Gasteiger partial charge in [0.15, 0.2) is 0 Å². The minimum absolute atomic E-state index is 0.0278. The number of carbonyl (C=O) groups is 2. The highest BCUT2D eigenvalue weighted by Crippen LogP contribution is 2.23. The molecule has 1 aromatic rings. The van der Waals surface area contributed by atoms with Gasteiger partial charge in [-0.25, -0.2) is 0 Å². The number of hydrogen-bond donors (Lipinski definition) is 3. The van der Waals surface area contributed by atoms with Crippen LogP contribution in [0, 0.1) is 6.92 Å². The maximum atomic E-state index is 11.9. The SMILES string of the molecule is CC(=O)Nc1ccc(C)cc1NC(=O)CCCCCCN. The topological polar surface area (TPSA) is 84.2 Å². The Bertz CT molecular complexity index is 486. The lowest BCUT2D eigenvalue weighted by molar-refractivity contribution is -0.116. The summed E-state index contributed by atoms with van der Waals surface area (Å²) in [4.78, 5) is 23.1. The number of unbranched alkanes of at least 4 members (excludes halogenated alkanes) is 3. The molecule has 2 amide bonds. The number of rotatable bonds is 8. The summed E-state index contributed by atoms with van der Waals surface area (Å²) in [7, 11) is 0. The molecule has 1 rings (SSSR count). The third kappa shape index (κ3) is 6.90. The number of anilines is 2. The maximum absolute atomic E-state index is 11.9. The van der Waals surface area contributed by atoms with Crippen LogP contribution < -0.4 is 16.4 Å². The molecule has 0 aromatic heterocycles. The fraction of sp³-hybridized carbons (Fsp3) is 0.500. The average Bonchev–Trinajstić information content (AvgIpc) is 2.41. The number of nitrogens with one attached hydrogen (secondary N) is 2. The Balaban J connectivity index is 2.54. The van der Waals surface area contributed by atoms with Crippen LogP contribution in [0.5, 0.6) is 0 Å². The van der Waals surface area contributed by atoms with Crippen molar-refractivity contribution in [3.05, 3.63) is 23.8 Å². The molecule has 0 saturated heterocycles. The van der Waals surface area contributed by atoms with E-state index in [1.165, 1.54) is 6.92 Å². The largest absolute Gasteiger partial charge is 0.330 e. The maximum Gasteiger partial charge on any atom is 0.224 e. The van der Waals surface area contributed by atoms with Crippen molar-refractivity contribution >= 4 is 23.2 Å². The molecule has 0 bridgehead atoms. The van der Waals surface area contributed by atoms with E-state index in [2.05, 4.69) is 10.6 Å². The van der Waals surface area contributed by atoms with Crippen molar-refractivity contribution < 1.29 is 9.59 Å². The first-order valence-corrected chi connectivity index (χ1v) is 7.41. The normalized spacial score (nSPS) is 10.2. The van der Waals surface area contributed by atoms with Crippen LogP contribution in [0.15, 0.2) is 18.2 Å². The zero-order chi connectivity index (χ0) is 15.7. The fourth-order valence-electron chi connectivity index (χ4n) is 2.06. The van der Waals surface area contributed by atoms with Gasteiger partial charge in [0, 0.05) is 13.3 Å². The van der Waals surface area contributed by atoms with Gasteiger partial charge in [-0.1, -0.05) is 18.9 Å². The first kappa shape index (κ1) is 17.2. The van der Waals surface area contributed by atoms with E-state index in [0.29, 0.717) is 24.3 Å². The van der Waals surface area contributed by atoms with Gasteiger partial charge in [-0.3, -0.25) is 9.59 Å². The summed E-state index contributed by atoms with van der Waals surface area (Å²) < 4.78 is 0. The zero-order valence-electron chi connectivity index (χ0n) is 12.9. The van der Waals surface area contributed by atoms with Gasteiger partial charge in [0.25, 0.3) is 0 Å². The number of hydrogen-bond acceptors (Lipinski definition) is 3. The second kappa shape index (κ2) is 9.13. The van der Waals surface area contributed by atoms with Gasteiger partial charge in [-0.2, -0.15) is 0 Å². The van der Waals surface area contributed by atoms with Crippen molar-refractivity contribution in [3.63, 3.8) is 0 Å². The van der Waals surface area contributed by atoms with Crippen molar-refractivity contribution in [1.82, 2.24) is 0 Å². The minimum Gasteiger partial charge on any atom is -0.330 e. The number of nitrogens with two attached hydrogens (primary N) is 1. The van der Waals surface area contributed by atoms with Gasteiger partial charge in [-0.05, 0) is 44.0 Å². The Morgan fingerprint density at radius 1 is 1.05 bits per heavy atom. The Labute approximate surface area is 126 Å². The lowest BCUT2D eigenvalue weighted by Crippen LogP contribution is -2.15. The van der Waals surface area contributed by atoms with Crippen molar-refractivity contribution in [2.45, 2.75) is 46.0 Å². The molecule has 0 spiro atoms. The van der Waals surface area contributed by atoms with E-state index < -0.39 is 0 Å². The first-order chi connectivity index (χ1) is 10.0. The molecule has 0 aliphatic carbocycles. The molecule has 0 aliphatic heterocycles. The van der Waals surface area contributed by atoms with Crippen LogP contribution >= 0.6 is 0 Å². The third-order valence-electron chi connectivity index (χ3n) is 3.12. The summed E-state index contributed by atoms with van der Waals surface area (Å²) in [6, 6.07) is 5.55. The summed E-state index contributed by atoms with van der Waals surface area (Å²) in [6.45, 7) is 4.10. The lowest BCUT2D eigenvalue weighted by Gasteiger charge is -2.12. The van der Waals surface area contributed by atoms with Gasteiger partial charge in [0.05, 0.1) is 11.4 Å². The quantitative estimate of drug-likeness (QED) is 0.644. The second-order valence-corrected chi connectivity index (χ2v) is 5.23. The number of aryl methyl sites for hydroxylation is 1. The van der Waals surface area contributed by atoms with Crippen LogP contribution in [0.25, 0.3) is 0 Å². The summed E-state index contributed by atoms with van der Waals surface area (Å²) in [5.74, 6) is -0.184. The van der Waals surface area contributed by atoms with Crippen molar-refractivity contribution in [3.8, 4) is 0 Å². The number of benzene rings is 1. The van der Waals surface area contributed by atoms with E-state index >= 15 is 0 Å². The molecule has 0 saturated carbocycles. The molecular weight excluding hydrogens is 266 g/mol. The predicted molar refractivity (Wildman–Crippen MR) is 86.3 cm³/mol. The van der Waals surface area contributed by atoms with E-state index in [0.717, 1.165) is 31.2 Å². The molecule has 116 valence electrons. The fourth-order valence-corrected chi connectivity index (χ4v) is 2.06. The van der Waals surface area contributed by atoms with Crippen LogP contribution in [0.1, 0.15) is 44.6 Å². The van der Waals surface area contributed by atoms with Gasteiger partial charge in [0.1, 0.15) is 0 Å². The van der Waals surface area contributed by atoms with Crippen molar-refractivity contribution in [2.24, 2.45) is 5.73 Å². The molecular formula is C16H25N3O2. The Morgan fingerprint density at radius 3 is 2.43 bits per heavy atom. The zero-order valence-corrected chi connectivity index (χ0v) is 12.9. The molecule has 5 nitrogen and oxygen atoms in total. The molecule has 0 aliphatic rings. The van der Waals surface area contributed by atoms with E-state index in [1.54, 1.807) is 6.07 Å². The van der Waals surface area contributed by atoms with Gasteiger partial charge >= 0.3 is 0 Å². The molecule has 0 atom stereocenters. The average molecular weight is 291 g/mol. The summed E-state index contributed by atoms with van der Waals surface area (Å²) in [5, 5.41) is 5.59. The van der Waals surface area contributed by atoms with E-state index in [9.17, 15) is 9.59 Å². The standard InChI is InChI=1S/C16H25N3O2/c1-12-8-9-14(18-13(2)20)15(11-12)19-16(21)7-5-3-4-6-10-17/h8-9,11H,3-7,10,17H2,1-2H3,(H,18,20)(H,19,21). The molecule has 4 N–H and O–H groups in total. The minimum atomic E-state index is -0.156. The van der Waals surface area contributed by atoms with Crippen LogP contribution in [0.3, 0.4) is 0 Å². The van der Waals surface area contributed by atoms with Crippen molar-refractivity contribution in [1.29, 1.82) is 0 Å². The number of amides is 2. The molecule has 21 heavy (non-hydrogen) atoms. The van der Waals surface area contributed by atoms with Crippen molar-refractivity contribution in [2.75, 3.05) is 17.2 Å². The molecule has 0 unspecified atom stereocenters. The lowest BCUT2D eigenvalue weighted by atomic mass is 10.1. The van der Waals surface area contributed by atoms with Gasteiger partial charge < -0.3 is 16.4 Å². The van der Waals surface area contributed by atoms with E-state index in [-0.39, 0.29) is 11.8 Å². The van der Waals surface area contributed by atoms with Crippen LogP contribution in [0.2, 0.25) is 0 Å². The highest BCUT2D eigenvalue weighted by molar-refractivity contribution is 5.98. The first-order valence-electron chi connectivity index (χ1n) is 7.41. The van der Waals surface area contributed by atoms with E-state index in [4.69, 9.17) is 5.73 Å². The predicted octanol–water partition coefficient (Wildman–Crippen LogP) is 2.80. The van der Waals surface area contributed by atoms with Gasteiger partial charge in [0.2, 0.25) is 11.8 Å². The monoisotopic (exact) mass is 291 g/mol. The molecule has 0 radical (unpaired) electrons. The van der Waals surface area contributed by atoms with E-state index in [1.807, 2.05) is 19.1 Å². The molecule has 0 fully saturated rings. The molecule has 5 heteroatoms. The Morgan fingerprint density at radius 2 is 1.76 bits per heavy atom. The highest BCUT2D eigenvalue weighted by atomic mass is 16.2. The summed E-state index contributed by atoms with van der Waals surface area (Å²) >= 11 is 0. The van der Waals surface area contributed by atoms with Crippen LogP contribution in [-0.2, 0) is 9.59 Å². The smallest absolute Gasteiger partial charge is 0.224 e. The number of carbonyl (C=O) groups excluding carboxylic acids is 2. The second-order valence-electron chi connectivity index (χ2n) is 5.23. The van der Waals surface area contributed by atoms with Crippen LogP contribution in [0.4, 0.5) is 11.4 Å². The summed E-state index contributed by atoms with van der Waals surface area (Å²) in [5.41, 5.74) is 7.74. The van der Waals surface area contributed by atoms with Crippen LogP contribution in [-0.4, -0.2) is 18.4 Å².